The maximum absolute atomic E-state index is 4.90. The van der Waals surface area contributed by atoms with Crippen LogP contribution in [0, 0.1) is 6.92 Å². The Hall–Kier alpha value is -0.840. The molecule has 1 aromatic carbocycles. The van der Waals surface area contributed by atoms with Crippen molar-refractivity contribution in [3.8, 4) is 11.3 Å². The van der Waals surface area contributed by atoms with Crippen LogP contribution in [0.3, 0.4) is 0 Å². The van der Waals surface area contributed by atoms with Gasteiger partial charge in [-0.2, -0.15) is 11.8 Å². The van der Waals surface area contributed by atoms with Gasteiger partial charge in [-0.3, -0.25) is 0 Å². The molecule has 1 aliphatic rings. The average molecular weight is 304 g/mol. The zero-order valence-electron chi connectivity index (χ0n) is 12.0. The predicted molar refractivity (Wildman–Crippen MR) is 89.7 cm³/mol. The van der Waals surface area contributed by atoms with Crippen LogP contribution in [0.25, 0.3) is 11.3 Å². The van der Waals surface area contributed by atoms with Gasteiger partial charge in [-0.25, -0.2) is 4.98 Å². The monoisotopic (exact) mass is 304 g/mol. The zero-order valence-corrected chi connectivity index (χ0v) is 13.6. The summed E-state index contributed by atoms with van der Waals surface area (Å²) in [6, 6.07) is 9.26. The van der Waals surface area contributed by atoms with Crippen LogP contribution in [0.5, 0.6) is 0 Å². The molecule has 0 spiro atoms. The minimum Gasteiger partial charge on any atom is -0.306 e. The lowest BCUT2D eigenvalue weighted by molar-refractivity contribution is 0.592. The Morgan fingerprint density at radius 1 is 1.30 bits per heavy atom. The average Bonchev–Trinajstić information content (AvgIpc) is 2.90. The van der Waals surface area contributed by atoms with Crippen LogP contribution in [0.2, 0.25) is 0 Å². The molecule has 0 bridgehead atoms. The van der Waals surface area contributed by atoms with E-state index in [2.05, 4.69) is 43.4 Å². The van der Waals surface area contributed by atoms with E-state index in [1.165, 1.54) is 26.8 Å². The third-order valence-corrected chi connectivity index (χ3v) is 5.81. The van der Waals surface area contributed by atoms with Crippen LogP contribution >= 0.6 is 23.1 Å². The van der Waals surface area contributed by atoms with Gasteiger partial charge in [0.05, 0.1) is 11.7 Å². The van der Waals surface area contributed by atoms with Crippen molar-refractivity contribution < 1.29 is 0 Å². The second-order valence-electron chi connectivity index (χ2n) is 5.09. The Labute approximate surface area is 129 Å². The highest BCUT2D eigenvalue weighted by molar-refractivity contribution is 7.99. The smallest absolute Gasteiger partial charge is 0.111 e. The molecule has 0 saturated carbocycles. The Morgan fingerprint density at radius 3 is 2.75 bits per heavy atom. The normalized spacial score (nSPS) is 19.2. The van der Waals surface area contributed by atoms with Gasteiger partial charge in [0.25, 0.3) is 0 Å². The molecule has 106 valence electrons. The summed E-state index contributed by atoms with van der Waals surface area (Å²) in [6.07, 6.45) is 1.09. The molecule has 1 aromatic heterocycles. The first kappa shape index (κ1) is 14.1. The van der Waals surface area contributed by atoms with Gasteiger partial charge in [-0.05, 0) is 18.9 Å². The van der Waals surface area contributed by atoms with Gasteiger partial charge in [0.15, 0.2) is 0 Å². The molecule has 1 fully saturated rings. The Kier molecular flexibility index (Phi) is 4.44. The molecule has 2 heterocycles. The van der Waals surface area contributed by atoms with Crippen LogP contribution in [0.1, 0.15) is 28.4 Å². The maximum atomic E-state index is 4.90. The number of hydrogen-bond acceptors (Lipinski definition) is 4. The third kappa shape index (κ3) is 2.92. The molecule has 1 N–H and O–H groups in total. The van der Waals surface area contributed by atoms with Crippen molar-refractivity contribution in [2.75, 3.05) is 18.1 Å². The number of hydrogen-bond donors (Lipinski definition) is 1. The minimum atomic E-state index is 0.432. The molecular weight excluding hydrogens is 284 g/mol. The van der Waals surface area contributed by atoms with E-state index in [-0.39, 0.29) is 0 Å². The van der Waals surface area contributed by atoms with E-state index in [4.69, 9.17) is 4.98 Å². The summed E-state index contributed by atoms with van der Waals surface area (Å²) in [6.45, 7) is 5.46. The number of benzene rings is 1. The van der Waals surface area contributed by atoms with Crippen LogP contribution < -0.4 is 5.32 Å². The second kappa shape index (κ2) is 6.29. The molecule has 1 unspecified atom stereocenters. The number of nitrogens with zero attached hydrogens (tertiary/aromatic N) is 1. The lowest BCUT2D eigenvalue weighted by atomic mass is 10.1. The molecule has 2 nitrogen and oxygen atoms in total. The number of thioether (sulfide) groups is 1. The van der Waals surface area contributed by atoms with Crippen LogP contribution in [-0.2, 0) is 6.42 Å². The highest BCUT2D eigenvalue weighted by atomic mass is 32.2. The number of aryl methyl sites for hydroxylation is 2. The van der Waals surface area contributed by atoms with Crippen molar-refractivity contribution in [2.45, 2.75) is 26.3 Å². The summed E-state index contributed by atoms with van der Waals surface area (Å²) < 4.78 is 0. The molecule has 20 heavy (non-hydrogen) atoms. The first-order valence-electron chi connectivity index (χ1n) is 7.15. The maximum Gasteiger partial charge on any atom is 0.111 e. The summed E-state index contributed by atoms with van der Waals surface area (Å²) in [5.41, 5.74) is 3.78. The lowest BCUT2D eigenvalue weighted by Crippen LogP contribution is -2.30. The van der Waals surface area contributed by atoms with E-state index in [0.717, 1.165) is 24.4 Å². The number of nitrogens with one attached hydrogen (secondary N) is 1. The molecule has 2 aromatic rings. The summed E-state index contributed by atoms with van der Waals surface area (Å²) in [7, 11) is 0. The van der Waals surface area contributed by atoms with Crippen molar-refractivity contribution in [3.63, 3.8) is 0 Å². The van der Waals surface area contributed by atoms with Crippen molar-refractivity contribution in [3.05, 3.63) is 39.7 Å². The van der Waals surface area contributed by atoms with Crippen LogP contribution in [0.4, 0.5) is 0 Å². The van der Waals surface area contributed by atoms with Gasteiger partial charge in [-0.1, -0.05) is 31.2 Å². The highest BCUT2D eigenvalue weighted by Crippen LogP contribution is 2.32. The van der Waals surface area contributed by atoms with Crippen LogP contribution in [-0.4, -0.2) is 23.0 Å². The van der Waals surface area contributed by atoms with E-state index in [1.807, 2.05) is 23.1 Å². The molecule has 1 saturated heterocycles. The van der Waals surface area contributed by atoms with Gasteiger partial charge in [0.2, 0.25) is 0 Å². The van der Waals surface area contributed by atoms with Gasteiger partial charge in [0, 0.05) is 28.5 Å². The third-order valence-electron chi connectivity index (χ3n) is 3.67. The second-order valence-corrected chi connectivity index (χ2v) is 7.47. The van der Waals surface area contributed by atoms with E-state index < -0.39 is 0 Å². The molecule has 3 rings (SSSR count). The number of rotatable bonds is 3. The first-order valence-corrected chi connectivity index (χ1v) is 9.13. The Morgan fingerprint density at radius 2 is 2.10 bits per heavy atom. The topological polar surface area (TPSA) is 24.9 Å². The van der Waals surface area contributed by atoms with Gasteiger partial charge in [0.1, 0.15) is 5.01 Å². The fourth-order valence-electron chi connectivity index (χ4n) is 2.46. The SMILES string of the molecule is CCc1ccc(-c2nc(C3CSCCN3)sc2C)cc1. The van der Waals surface area contributed by atoms with E-state index in [9.17, 15) is 0 Å². The predicted octanol–water partition coefficient (Wildman–Crippen LogP) is 4.06. The van der Waals surface area contributed by atoms with Crippen molar-refractivity contribution in [1.82, 2.24) is 10.3 Å². The fraction of sp³-hybridized carbons (Fsp3) is 0.438. The van der Waals surface area contributed by atoms with Gasteiger partial charge >= 0.3 is 0 Å². The van der Waals surface area contributed by atoms with E-state index in [0.29, 0.717) is 6.04 Å². The minimum absolute atomic E-state index is 0.432. The van der Waals surface area contributed by atoms with Crippen molar-refractivity contribution >= 4 is 23.1 Å². The number of thiazole rings is 1. The molecule has 0 amide bonds. The number of aromatic nitrogens is 1. The summed E-state index contributed by atoms with van der Waals surface area (Å²) in [5, 5.41) is 4.81. The van der Waals surface area contributed by atoms with Gasteiger partial charge in [-0.15, -0.1) is 11.3 Å². The van der Waals surface area contributed by atoms with Gasteiger partial charge < -0.3 is 5.32 Å². The summed E-state index contributed by atoms with van der Waals surface area (Å²) >= 11 is 3.86. The fourth-order valence-corrected chi connectivity index (χ4v) is 4.52. The molecule has 1 atom stereocenters. The van der Waals surface area contributed by atoms with E-state index >= 15 is 0 Å². The van der Waals surface area contributed by atoms with Crippen molar-refractivity contribution in [1.29, 1.82) is 0 Å². The van der Waals surface area contributed by atoms with Crippen LogP contribution in [0.15, 0.2) is 24.3 Å². The van der Waals surface area contributed by atoms with Crippen molar-refractivity contribution in [2.24, 2.45) is 0 Å². The Balaban J connectivity index is 1.87. The largest absolute Gasteiger partial charge is 0.306 e. The zero-order chi connectivity index (χ0) is 13.9. The quantitative estimate of drug-likeness (QED) is 0.925. The van der Waals surface area contributed by atoms with E-state index in [1.54, 1.807) is 0 Å². The molecule has 0 radical (unpaired) electrons. The summed E-state index contributed by atoms with van der Waals surface area (Å²) in [5.74, 6) is 2.35. The highest BCUT2D eigenvalue weighted by Gasteiger charge is 2.20. The molecule has 0 aliphatic carbocycles. The Bertz CT molecular complexity index is 569. The molecule has 1 aliphatic heterocycles. The summed E-state index contributed by atoms with van der Waals surface area (Å²) in [4.78, 5) is 6.22. The lowest BCUT2D eigenvalue weighted by Gasteiger charge is -2.20. The molecule has 4 heteroatoms. The first-order chi connectivity index (χ1) is 9.78. The standard InChI is InChI=1S/C16H20N2S2/c1-3-12-4-6-13(7-5-12)15-11(2)20-16(18-15)14-10-19-9-8-17-14/h4-7,14,17H,3,8-10H2,1-2H3. The molecular formula is C16H20N2S2.